The zero-order valence-electron chi connectivity index (χ0n) is 17.9. The van der Waals surface area contributed by atoms with E-state index in [9.17, 15) is 23.3 Å². The van der Waals surface area contributed by atoms with Crippen LogP contribution in [0.4, 0.5) is 17.1 Å². The first-order valence-electron chi connectivity index (χ1n) is 9.85. The molecule has 0 aromatic heterocycles. The molecule has 0 aliphatic heterocycles. The summed E-state index contributed by atoms with van der Waals surface area (Å²) < 4.78 is 26.9. The van der Waals surface area contributed by atoms with Crippen LogP contribution in [0.5, 0.6) is 0 Å². The zero-order valence-corrected chi connectivity index (χ0v) is 19.5. The number of nitro groups is 1. The van der Waals surface area contributed by atoms with Crippen LogP contribution in [-0.2, 0) is 14.8 Å². The number of amides is 1. The SMILES string of the molecule is CN(c1ccccc1)S(=O)(=O)c1ccc(NC(=S)NC(=O)/C=C/c2cccc([N+](=O)[O-])c2)cc1. The highest BCUT2D eigenvalue weighted by Crippen LogP contribution is 2.22. The van der Waals surface area contributed by atoms with Gasteiger partial charge in [0.1, 0.15) is 0 Å². The number of nitrogens with zero attached hydrogens (tertiary/aromatic N) is 2. The summed E-state index contributed by atoms with van der Waals surface area (Å²) >= 11 is 5.12. The molecule has 3 aromatic rings. The van der Waals surface area contributed by atoms with E-state index in [0.717, 1.165) is 0 Å². The molecule has 0 saturated carbocycles. The Morgan fingerprint density at radius 1 is 1.03 bits per heavy atom. The molecule has 0 aliphatic rings. The molecule has 11 heteroatoms. The third kappa shape index (κ3) is 6.24. The molecule has 0 spiro atoms. The number of nitrogens with one attached hydrogen (secondary N) is 2. The van der Waals surface area contributed by atoms with Crippen molar-refractivity contribution in [3.05, 3.63) is 101 Å². The van der Waals surface area contributed by atoms with Gasteiger partial charge in [-0.05, 0) is 60.3 Å². The Bertz CT molecular complexity index is 1340. The van der Waals surface area contributed by atoms with Crippen molar-refractivity contribution in [3.63, 3.8) is 0 Å². The number of carbonyl (C=O) groups excluding carboxylic acids is 1. The number of sulfonamides is 1. The maximum atomic E-state index is 12.8. The van der Waals surface area contributed by atoms with E-state index in [1.165, 1.54) is 66.0 Å². The van der Waals surface area contributed by atoms with Crippen molar-refractivity contribution < 1.29 is 18.1 Å². The van der Waals surface area contributed by atoms with E-state index in [1.54, 1.807) is 36.4 Å². The third-order valence-electron chi connectivity index (χ3n) is 4.64. The number of non-ortho nitro benzene ring substituents is 1. The summed E-state index contributed by atoms with van der Waals surface area (Å²) in [5, 5.41) is 16.1. The summed E-state index contributed by atoms with van der Waals surface area (Å²) in [5.74, 6) is -0.535. The second kappa shape index (κ2) is 10.7. The van der Waals surface area contributed by atoms with Crippen molar-refractivity contribution in [2.24, 2.45) is 0 Å². The van der Waals surface area contributed by atoms with Gasteiger partial charge in [0, 0.05) is 30.9 Å². The lowest BCUT2D eigenvalue weighted by Gasteiger charge is -2.19. The van der Waals surface area contributed by atoms with Crippen LogP contribution in [0, 0.1) is 10.1 Å². The predicted octanol–water partition coefficient (Wildman–Crippen LogP) is 3.95. The molecule has 1 amide bonds. The van der Waals surface area contributed by atoms with Gasteiger partial charge in [-0.15, -0.1) is 0 Å². The zero-order chi connectivity index (χ0) is 24.7. The first-order chi connectivity index (χ1) is 16.2. The fourth-order valence-corrected chi connectivity index (χ4v) is 4.29. The molecule has 0 aliphatic carbocycles. The normalized spacial score (nSPS) is 11.1. The highest BCUT2D eigenvalue weighted by atomic mass is 32.2. The highest BCUT2D eigenvalue weighted by molar-refractivity contribution is 7.92. The number of benzene rings is 3. The van der Waals surface area contributed by atoms with Crippen molar-refractivity contribution in [2.75, 3.05) is 16.7 Å². The van der Waals surface area contributed by atoms with Gasteiger partial charge in [0.05, 0.1) is 15.5 Å². The number of rotatable bonds is 7. The lowest BCUT2D eigenvalue weighted by Crippen LogP contribution is -2.32. The molecule has 174 valence electrons. The molecule has 2 N–H and O–H groups in total. The van der Waals surface area contributed by atoms with Gasteiger partial charge in [-0.3, -0.25) is 24.5 Å². The van der Waals surface area contributed by atoms with Crippen molar-refractivity contribution in [1.29, 1.82) is 0 Å². The van der Waals surface area contributed by atoms with E-state index >= 15 is 0 Å². The maximum Gasteiger partial charge on any atom is 0.270 e. The molecule has 0 fully saturated rings. The molecule has 3 rings (SSSR count). The van der Waals surface area contributed by atoms with Crippen LogP contribution in [0.2, 0.25) is 0 Å². The molecule has 0 radical (unpaired) electrons. The van der Waals surface area contributed by atoms with Crippen LogP contribution < -0.4 is 14.9 Å². The molecule has 0 saturated heterocycles. The summed E-state index contributed by atoms with van der Waals surface area (Å²) in [7, 11) is -2.27. The third-order valence-corrected chi connectivity index (χ3v) is 6.64. The first kappa shape index (κ1) is 24.6. The van der Waals surface area contributed by atoms with Crippen LogP contribution in [-0.4, -0.2) is 31.4 Å². The van der Waals surface area contributed by atoms with Crippen LogP contribution in [0.25, 0.3) is 6.08 Å². The Hall–Kier alpha value is -4.09. The van der Waals surface area contributed by atoms with E-state index in [-0.39, 0.29) is 15.7 Å². The van der Waals surface area contributed by atoms with Crippen molar-refractivity contribution in [3.8, 4) is 0 Å². The molecule has 34 heavy (non-hydrogen) atoms. The lowest BCUT2D eigenvalue weighted by molar-refractivity contribution is -0.384. The number of hydrogen-bond donors (Lipinski definition) is 2. The Morgan fingerprint density at radius 3 is 2.35 bits per heavy atom. The molecule has 0 unspecified atom stereocenters. The van der Waals surface area contributed by atoms with Gasteiger partial charge in [-0.25, -0.2) is 8.42 Å². The average Bonchev–Trinajstić information content (AvgIpc) is 2.83. The molecule has 0 atom stereocenters. The van der Waals surface area contributed by atoms with Crippen molar-refractivity contribution >= 4 is 56.4 Å². The Labute approximate surface area is 201 Å². The summed E-state index contributed by atoms with van der Waals surface area (Å²) in [4.78, 5) is 22.5. The van der Waals surface area contributed by atoms with E-state index < -0.39 is 20.9 Å². The van der Waals surface area contributed by atoms with Gasteiger partial charge in [0.15, 0.2) is 5.11 Å². The Morgan fingerprint density at radius 2 is 1.71 bits per heavy atom. The quantitative estimate of drug-likeness (QED) is 0.220. The van der Waals surface area contributed by atoms with E-state index in [4.69, 9.17) is 12.2 Å². The summed E-state index contributed by atoms with van der Waals surface area (Å²) in [6.07, 6.45) is 2.62. The van der Waals surface area contributed by atoms with Gasteiger partial charge < -0.3 is 5.32 Å². The van der Waals surface area contributed by atoms with Crippen LogP contribution in [0.1, 0.15) is 5.56 Å². The highest BCUT2D eigenvalue weighted by Gasteiger charge is 2.21. The summed E-state index contributed by atoms with van der Waals surface area (Å²) in [6.45, 7) is 0. The molecular formula is C23H20N4O5S2. The largest absolute Gasteiger partial charge is 0.332 e. The molecule has 0 bridgehead atoms. The minimum absolute atomic E-state index is 0.00528. The van der Waals surface area contributed by atoms with Crippen LogP contribution in [0.3, 0.4) is 0 Å². The van der Waals surface area contributed by atoms with Gasteiger partial charge >= 0.3 is 0 Å². The van der Waals surface area contributed by atoms with Gasteiger partial charge in [0.25, 0.3) is 15.7 Å². The molecule has 3 aromatic carbocycles. The minimum atomic E-state index is -3.75. The number of hydrogen-bond acceptors (Lipinski definition) is 6. The van der Waals surface area contributed by atoms with Crippen LogP contribution in [0.15, 0.2) is 89.8 Å². The minimum Gasteiger partial charge on any atom is -0.332 e. The summed E-state index contributed by atoms with van der Waals surface area (Å²) in [5.41, 5.74) is 1.42. The van der Waals surface area contributed by atoms with Gasteiger partial charge in [-0.2, -0.15) is 0 Å². The van der Waals surface area contributed by atoms with Crippen LogP contribution >= 0.6 is 12.2 Å². The van der Waals surface area contributed by atoms with E-state index in [0.29, 0.717) is 16.9 Å². The maximum absolute atomic E-state index is 12.8. The lowest BCUT2D eigenvalue weighted by atomic mass is 10.2. The molecule has 9 nitrogen and oxygen atoms in total. The number of nitro benzene ring substituents is 1. The smallest absolute Gasteiger partial charge is 0.270 e. The molecule has 0 heterocycles. The second-order valence-corrected chi connectivity index (χ2v) is 9.34. The summed E-state index contributed by atoms with van der Waals surface area (Å²) in [6, 6.07) is 20.5. The number of thiocarbonyl (C=S) groups is 1. The Balaban J connectivity index is 1.60. The van der Waals surface area contributed by atoms with Crippen molar-refractivity contribution in [2.45, 2.75) is 4.90 Å². The monoisotopic (exact) mass is 496 g/mol. The standard InChI is InChI=1S/C23H20N4O5S2/c1-26(19-7-3-2-4-8-19)34(31,32)21-13-11-18(12-14-21)24-23(33)25-22(28)15-10-17-6-5-9-20(16-17)27(29)30/h2-16H,1H3,(H2,24,25,28,33)/b15-10+. The fraction of sp³-hybridized carbons (Fsp3) is 0.0435. The first-order valence-corrected chi connectivity index (χ1v) is 11.7. The van der Waals surface area contributed by atoms with Gasteiger partial charge in [0.2, 0.25) is 5.91 Å². The average molecular weight is 497 g/mol. The van der Waals surface area contributed by atoms with E-state index in [1.807, 2.05) is 0 Å². The second-order valence-electron chi connectivity index (χ2n) is 6.96. The van der Waals surface area contributed by atoms with Gasteiger partial charge in [-0.1, -0.05) is 30.3 Å². The fourth-order valence-electron chi connectivity index (χ4n) is 2.87. The number of anilines is 2. The van der Waals surface area contributed by atoms with E-state index in [2.05, 4.69) is 10.6 Å². The molecular weight excluding hydrogens is 476 g/mol. The van der Waals surface area contributed by atoms with Crippen molar-refractivity contribution in [1.82, 2.24) is 5.32 Å². The predicted molar refractivity (Wildman–Crippen MR) is 135 cm³/mol. The number of para-hydroxylation sites is 1. The topological polar surface area (TPSA) is 122 Å². The number of carbonyl (C=O) groups is 1. The Kier molecular flexibility index (Phi) is 7.71.